The average molecular weight is 318 g/mol. The quantitative estimate of drug-likeness (QED) is 0.663. The van der Waals surface area contributed by atoms with Crippen molar-refractivity contribution in [2.24, 2.45) is 0 Å². The van der Waals surface area contributed by atoms with Gasteiger partial charge in [-0.05, 0) is 30.0 Å². The highest BCUT2D eigenvalue weighted by Gasteiger charge is 2.11. The Kier molecular flexibility index (Phi) is 6.67. The van der Waals surface area contributed by atoms with Crippen LogP contribution in [0.1, 0.15) is 31.7 Å². The maximum atomic E-state index is 10.2. The van der Waals surface area contributed by atoms with Gasteiger partial charge in [-0.1, -0.05) is 32.0 Å². The molecule has 2 rings (SSSR count). The van der Waals surface area contributed by atoms with Crippen LogP contribution in [0.25, 0.3) is 0 Å². The number of phenols is 1. The maximum Gasteiger partial charge on any atom is 0.276 e. The first kappa shape index (κ1) is 18.1. The predicted octanol–water partition coefficient (Wildman–Crippen LogP) is 4.41. The summed E-state index contributed by atoms with van der Waals surface area (Å²) in [6.07, 6.45) is 1.07. The molecule has 0 amide bonds. The van der Waals surface area contributed by atoms with Gasteiger partial charge in [0, 0.05) is 12.1 Å². The molecule has 7 nitrogen and oxygen atoms in total. The minimum atomic E-state index is -0.674. The first-order chi connectivity index (χ1) is 10.9. The lowest BCUT2D eigenvalue weighted by Crippen LogP contribution is -1.91. The highest BCUT2D eigenvalue weighted by molar-refractivity contribution is 5.42. The Bertz CT molecular complexity index is 658. The van der Waals surface area contributed by atoms with Crippen molar-refractivity contribution in [3.8, 4) is 5.75 Å². The van der Waals surface area contributed by atoms with Crippen LogP contribution in [-0.4, -0.2) is 15.0 Å². The molecule has 0 radical (unpaired) electrons. The zero-order valence-electron chi connectivity index (χ0n) is 12.9. The van der Waals surface area contributed by atoms with Crippen LogP contribution in [0.3, 0.4) is 0 Å². The van der Waals surface area contributed by atoms with E-state index in [1.54, 1.807) is 6.07 Å². The second-order valence-corrected chi connectivity index (χ2v) is 4.90. The zero-order chi connectivity index (χ0) is 17.4. The molecule has 7 heteroatoms. The molecule has 0 saturated carbocycles. The molecule has 0 heterocycles. The number of rotatable bonds is 4. The summed E-state index contributed by atoms with van der Waals surface area (Å²) in [5.41, 5.74) is 0.503. The lowest BCUT2D eigenvalue weighted by Gasteiger charge is -2.09. The van der Waals surface area contributed by atoms with Gasteiger partial charge < -0.3 is 5.11 Å². The maximum absolute atomic E-state index is 10.2. The van der Waals surface area contributed by atoms with Gasteiger partial charge in [-0.15, -0.1) is 0 Å². The van der Waals surface area contributed by atoms with Gasteiger partial charge in [0.25, 0.3) is 11.4 Å². The average Bonchev–Trinajstić information content (AvgIpc) is 2.55. The van der Waals surface area contributed by atoms with Crippen LogP contribution in [0.2, 0.25) is 0 Å². The lowest BCUT2D eigenvalue weighted by atomic mass is 9.98. The van der Waals surface area contributed by atoms with Crippen molar-refractivity contribution in [1.82, 2.24) is 0 Å². The molecule has 0 aliphatic rings. The molecule has 0 fully saturated rings. The minimum Gasteiger partial charge on any atom is -0.508 e. The highest BCUT2D eigenvalue weighted by Crippen LogP contribution is 2.26. The Hall–Kier alpha value is -2.96. The summed E-state index contributed by atoms with van der Waals surface area (Å²) in [5, 5.41) is 29.7. The predicted molar refractivity (Wildman–Crippen MR) is 86.6 cm³/mol. The number of aromatic hydroxyl groups is 1. The molecule has 1 atom stereocenters. The van der Waals surface area contributed by atoms with E-state index in [4.69, 9.17) is 0 Å². The fraction of sp³-hybridized carbons (Fsp3) is 0.250. The molecule has 0 aliphatic heterocycles. The van der Waals surface area contributed by atoms with Crippen molar-refractivity contribution < 1.29 is 15.0 Å². The second-order valence-electron chi connectivity index (χ2n) is 4.90. The highest BCUT2D eigenvalue weighted by atomic mass is 16.6. The number of phenolic OH excluding ortho intramolecular Hbond substituents is 1. The van der Waals surface area contributed by atoms with E-state index < -0.39 is 9.85 Å². The van der Waals surface area contributed by atoms with Crippen molar-refractivity contribution in [3.05, 3.63) is 74.3 Å². The number of nitrogens with zero attached hydrogens (tertiary/aromatic N) is 2. The van der Waals surface area contributed by atoms with Gasteiger partial charge in [0.15, 0.2) is 0 Å². The van der Waals surface area contributed by atoms with Crippen LogP contribution < -0.4 is 0 Å². The summed E-state index contributed by atoms with van der Waals surface area (Å²) in [7, 11) is 0. The monoisotopic (exact) mass is 318 g/mol. The first-order valence-electron chi connectivity index (χ1n) is 7.03. The SMILES string of the molecule is CCC(C)c1ccccc1O.O=[N+]([O-])c1cccc([N+](=O)[O-])c1. The van der Waals surface area contributed by atoms with Gasteiger partial charge in [-0.2, -0.15) is 0 Å². The Labute approximate surface area is 133 Å². The molecule has 2 aromatic rings. The Balaban J connectivity index is 0.000000231. The van der Waals surface area contributed by atoms with E-state index in [0.29, 0.717) is 11.7 Å². The molecule has 1 unspecified atom stereocenters. The van der Waals surface area contributed by atoms with Crippen molar-refractivity contribution in [2.75, 3.05) is 0 Å². The Morgan fingerprint density at radius 2 is 1.52 bits per heavy atom. The second kappa shape index (κ2) is 8.47. The number of para-hydroxylation sites is 1. The van der Waals surface area contributed by atoms with Crippen LogP contribution in [0.4, 0.5) is 11.4 Å². The number of nitro groups is 2. The molecule has 0 aliphatic carbocycles. The van der Waals surface area contributed by atoms with Crippen LogP contribution >= 0.6 is 0 Å². The van der Waals surface area contributed by atoms with E-state index in [1.807, 2.05) is 18.2 Å². The summed E-state index contributed by atoms with van der Waals surface area (Å²) in [4.78, 5) is 19.0. The van der Waals surface area contributed by atoms with Gasteiger partial charge >= 0.3 is 0 Å². The van der Waals surface area contributed by atoms with E-state index in [1.165, 1.54) is 18.2 Å². The number of nitro benzene ring substituents is 2. The molecule has 0 saturated heterocycles. The number of non-ortho nitro benzene ring substituents is 2. The van der Waals surface area contributed by atoms with Gasteiger partial charge in [0.05, 0.1) is 15.9 Å². The normalized spacial score (nSPS) is 11.0. The van der Waals surface area contributed by atoms with Gasteiger partial charge in [0.1, 0.15) is 5.75 Å². The fourth-order valence-corrected chi connectivity index (χ4v) is 1.84. The van der Waals surface area contributed by atoms with E-state index >= 15 is 0 Å². The Morgan fingerprint density at radius 1 is 1.00 bits per heavy atom. The van der Waals surface area contributed by atoms with Gasteiger partial charge in [-0.25, -0.2) is 0 Å². The Morgan fingerprint density at radius 3 is 1.96 bits per heavy atom. The van der Waals surface area contributed by atoms with E-state index in [9.17, 15) is 25.3 Å². The van der Waals surface area contributed by atoms with Gasteiger partial charge in [0.2, 0.25) is 0 Å². The molecule has 0 spiro atoms. The van der Waals surface area contributed by atoms with Crippen molar-refractivity contribution >= 4 is 11.4 Å². The summed E-state index contributed by atoms with van der Waals surface area (Å²) < 4.78 is 0. The third-order valence-electron chi connectivity index (χ3n) is 3.33. The summed E-state index contributed by atoms with van der Waals surface area (Å²) in [6, 6.07) is 12.1. The largest absolute Gasteiger partial charge is 0.508 e. The number of hydrogen-bond donors (Lipinski definition) is 1. The summed E-state index contributed by atoms with van der Waals surface area (Å²) >= 11 is 0. The van der Waals surface area contributed by atoms with Crippen molar-refractivity contribution in [1.29, 1.82) is 0 Å². The van der Waals surface area contributed by atoms with Crippen LogP contribution in [-0.2, 0) is 0 Å². The third-order valence-corrected chi connectivity index (χ3v) is 3.33. The number of benzene rings is 2. The van der Waals surface area contributed by atoms with Crippen LogP contribution in [0, 0.1) is 20.2 Å². The first-order valence-corrected chi connectivity index (χ1v) is 7.03. The molecular formula is C16H18N2O5. The van der Waals surface area contributed by atoms with Gasteiger partial charge in [-0.3, -0.25) is 20.2 Å². The van der Waals surface area contributed by atoms with E-state index in [-0.39, 0.29) is 11.4 Å². The molecular weight excluding hydrogens is 300 g/mol. The fourth-order valence-electron chi connectivity index (χ4n) is 1.84. The van der Waals surface area contributed by atoms with Crippen molar-refractivity contribution in [2.45, 2.75) is 26.2 Å². The molecule has 122 valence electrons. The molecule has 0 bridgehead atoms. The van der Waals surface area contributed by atoms with Crippen molar-refractivity contribution in [3.63, 3.8) is 0 Å². The minimum absolute atomic E-state index is 0.274. The molecule has 0 aromatic heterocycles. The van der Waals surface area contributed by atoms with Crippen LogP contribution in [0.15, 0.2) is 48.5 Å². The number of hydrogen-bond acceptors (Lipinski definition) is 5. The summed E-state index contributed by atoms with van der Waals surface area (Å²) in [6.45, 7) is 4.24. The summed E-state index contributed by atoms with van der Waals surface area (Å²) in [5.74, 6) is 0.873. The molecule has 1 N–H and O–H groups in total. The molecule has 23 heavy (non-hydrogen) atoms. The van der Waals surface area contributed by atoms with Crippen LogP contribution in [0.5, 0.6) is 5.75 Å². The third kappa shape index (κ3) is 5.39. The lowest BCUT2D eigenvalue weighted by molar-refractivity contribution is -0.394. The topological polar surface area (TPSA) is 107 Å². The van der Waals surface area contributed by atoms with E-state index in [0.717, 1.165) is 18.1 Å². The van der Waals surface area contributed by atoms with E-state index in [2.05, 4.69) is 13.8 Å². The zero-order valence-corrected chi connectivity index (χ0v) is 12.9. The smallest absolute Gasteiger partial charge is 0.276 e. The standard InChI is InChI=1S/C10H14O.C6H4N2O4/c1-3-8(2)9-6-4-5-7-10(9)11;9-7(10)5-2-1-3-6(4-5)8(11)12/h4-8,11H,3H2,1-2H3;1-4H. The molecule has 2 aromatic carbocycles.